The lowest BCUT2D eigenvalue weighted by molar-refractivity contribution is 1.35. The summed E-state index contributed by atoms with van der Waals surface area (Å²) in [5.74, 6) is 3.01. The van der Waals surface area contributed by atoms with Gasteiger partial charge < -0.3 is 0 Å². The Morgan fingerprint density at radius 2 is 1.13 bits per heavy atom. The average Bonchev–Trinajstić information content (AvgIpc) is 3.54. The number of aromatic nitrogens is 2. The van der Waals surface area contributed by atoms with Crippen LogP contribution >= 0.6 is 0 Å². The summed E-state index contributed by atoms with van der Waals surface area (Å²) >= 11 is 0. The van der Waals surface area contributed by atoms with Gasteiger partial charge in [-0.25, -0.2) is 4.98 Å². The van der Waals surface area contributed by atoms with E-state index in [9.17, 15) is 0 Å². The fourth-order valence-corrected chi connectivity index (χ4v) is 8.13. The van der Waals surface area contributed by atoms with Crippen molar-refractivity contribution < 1.29 is 0 Å². The number of hydrogen-bond acceptors (Lipinski definition) is 2. The Labute approximate surface area is 302 Å². The maximum Gasteiger partial charge on any atom is 0.0971 e. The quantitative estimate of drug-likeness (QED) is 0.104. The smallest absolute Gasteiger partial charge is 0.0971 e. The molecule has 7 aromatic carbocycles. The highest BCUT2D eigenvalue weighted by atomic mass is 14.7. The van der Waals surface area contributed by atoms with Crippen molar-refractivity contribution in [2.45, 2.75) is 0 Å². The molecule has 0 atom stereocenters. The van der Waals surface area contributed by atoms with E-state index in [0.29, 0.717) is 0 Å². The molecule has 2 heterocycles. The van der Waals surface area contributed by atoms with Crippen LogP contribution in [-0.2, 0) is 0 Å². The highest BCUT2D eigenvalue weighted by Gasteiger charge is 2.31. The molecule has 0 saturated carbocycles. The van der Waals surface area contributed by atoms with Gasteiger partial charge in [0.15, 0.2) is 0 Å². The Kier molecular flexibility index (Phi) is 6.91. The highest BCUT2D eigenvalue weighted by molar-refractivity contribution is 6.28. The monoisotopic (exact) mass is 658 g/mol. The van der Waals surface area contributed by atoms with Crippen LogP contribution in [0.1, 0.15) is 11.3 Å². The molecule has 0 N–H and O–H groups in total. The van der Waals surface area contributed by atoms with Crippen molar-refractivity contribution in [3.63, 3.8) is 0 Å². The van der Waals surface area contributed by atoms with E-state index in [2.05, 4.69) is 150 Å². The number of pyridine rings is 2. The fraction of sp³-hybridized carbons (Fsp3) is 0. The van der Waals surface area contributed by atoms with E-state index in [1.807, 2.05) is 36.6 Å². The van der Waals surface area contributed by atoms with Crippen LogP contribution in [0.4, 0.5) is 0 Å². The van der Waals surface area contributed by atoms with Gasteiger partial charge in [0.05, 0.1) is 16.7 Å². The summed E-state index contributed by atoms with van der Waals surface area (Å²) in [7, 11) is 0. The molecule has 1 aliphatic carbocycles. The van der Waals surface area contributed by atoms with Crippen LogP contribution in [0.3, 0.4) is 0 Å². The van der Waals surface area contributed by atoms with Crippen molar-refractivity contribution in [1.29, 1.82) is 0 Å². The zero-order chi connectivity index (χ0) is 34.6. The number of fused-ring (bicyclic) bond motifs is 7. The van der Waals surface area contributed by atoms with E-state index < -0.39 is 0 Å². The second-order valence-electron chi connectivity index (χ2n) is 13.2. The fourth-order valence-electron chi connectivity index (χ4n) is 8.13. The second-order valence-corrected chi connectivity index (χ2v) is 13.2. The van der Waals surface area contributed by atoms with Crippen LogP contribution in [0.2, 0.25) is 0 Å². The molecule has 52 heavy (non-hydrogen) atoms. The Hall–Kier alpha value is -7.08. The number of hydrogen-bond donors (Lipinski definition) is 0. The summed E-state index contributed by atoms with van der Waals surface area (Å²) in [4.78, 5) is 9.57. The first-order chi connectivity index (χ1) is 25.8. The first-order valence-electron chi connectivity index (χ1n) is 17.5. The maximum absolute atomic E-state index is 6.28. The summed E-state index contributed by atoms with van der Waals surface area (Å²) in [6, 6.07) is 54.0. The predicted octanol–water partition coefficient (Wildman–Crippen LogP) is 12.8. The number of terminal acetylenes is 1. The molecule has 9 aromatic rings. The molecule has 2 heteroatoms. The molecule has 0 saturated heterocycles. The van der Waals surface area contributed by atoms with Crippen LogP contribution in [0.25, 0.3) is 99.5 Å². The lowest BCUT2D eigenvalue weighted by Gasteiger charge is -2.20. The Bertz CT molecular complexity index is 2910. The van der Waals surface area contributed by atoms with Crippen molar-refractivity contribution in [3.8, 4) is 56.9 Å². The van der Waals surface area contributed by atoms with Crippen LogP contribution in [0, 0.1) is 12.3 Å². The van der Waals surface area contributed by atoms with Gasteiger partial charge in [-0.3, -0.25) is 4.98 Å². The minimum absolute atomic E-state index is 0.820. The third-order valence-electron chi connectivity index (χ3n) is 10.3. The van der Waals surface area contributed by atoms with Gasteiger partial charge >= 0.3 is 0 Å². The molecule has 0 spiro atoms. The van der Waals surface area contributed by atoms with Gasteiger partial charge in [-0.1, -0.05) is 152 Å². The Balaban J connectivity index is 1.16. The molecule has 2 nitrogen and oxygen atoms in total. The SMILES string of the molecule is C#C/C(=C\C=C\c1ccc2ccc3cccnc3c2n1)c1ccc2c3c(cccc13)-c1c-2c(-c2ccccc2)c2ccccc2c1-c1ccccc1. The van der Waals surface area contributed by atoms with Gasteiger partial charge in [0.2, 0.25) is 0 Å². The normalized spacial score (nSPS) is 12.2. The van der Waals surface area contributed by atoms with Crippen LogP contribution in [-0.4, -0.2) is 9.97 Å². The summed E-state index contributed by atoms with van der Waals surface area (Å²) in [5.41, 5.74) is 14.5. The van der Waals surface area contributed by atoms with Crippen LogP contribution in [0.15, 0.2) is 170 Å². The molecule has 0 radical (unpaired) electrons. The molecule has 0 amide bonds. The van der Waals surface area contributed by atoms with Crippen LogP contribution in [0.5, 0.6) is 0 Å². The number of allylic oxidation sites excluding steroid dienone is 3. The topological polar surface area (TPSA) is 25.8 Å². The number of rotatable bonds is 5. The maximum atomic E-state index is 6.28. The molecule has 0 fully saturated rings. The third kappa shape index (κ3) is 4.61. The van der Waals surface area contributed by atoms with E-state index >= 15 is 0 Å². The molecule has 0 aliphatic heterocycles. The van der Waals surface area contributed by atoms with Gasteiger partial charge in [-0.15, -0.1) is 6.42 Å². The molecule has 1 aliphatic rings. The van der Waals surface area contributed by atoms with E-state index in [1.165, 1.54) is 60.7 Å². The zero-order valence-corrected chi connectivity index (χ0v) is 28.2. The molecular weight excluding hydrogens is 629 g/mol. The summed E-state index contributed by atoms with van der Waals surface area (Å²) in [5, 5.41) is 7.02. The molecule has 10 rings (SSSR count). The summed E-state index contributed by atoms with van der Waals surface area (Å²) in [6.07, 6.45) is 14.1. The van der Waals surface area contributed by atoms with Gasteiger partial charge in [0.1, 0.15) is 0 Å². The Morgan fingerprint density at radius 3 is 1.83 bits per heavy atom. The van der Waals surface area contributed by atoms with Crippen molar-refractivity contribution in [2.24, 2.45) is 0 Å². The zero-order valence-electron chi connectivity index (χ0n) is 28.2. The van der Waals surface area contributed by atoms with Gasteiger partial charge in [0.25, 0.3) is 0 Å². The van der Waals surface area contributed by atoms with E-state index in [-0.39, 0.29) is 0 Å². The molecular formula is C50H30N2. The van der Waals surface area contributed by atoms with Crippen molar-refractivity contribution >= 4 is 55.0 Å². The van der Waals surface area contributed by atoms with E-state index in [4.69, 9.17) is 11.4 Å². The second kappa shape index (κ2) is 12.1. The highest BCUT2D eigenvalue weighted by Crippen LogP contribution is 2.58. The van der Waals surface area contributed by atoms with Crippen molar-refractivity contribution in [1.82, 2.24) is 9.97 Å². The van der Waals surface area contributed by atoms with Crippen molar-refractivity contribution in [3.05, 3.63) is 181 Å². The molecule has 2 aromatic heterocycles. The van der Waals surface area contributed by atoms with E-state index in [1.54, 1.807) is 0 Å². The first-order valence-corrected chi connectivity index (χ1v) is 17.5. The van der Waals surface area contributed by atoms with Crippen LogP contribution < -0.4 is 0 Å². The number of benzene rings is 7. The lowest BCUT2D eigenvalue weighted by Crippen LogP contribution is -1.93. The molecule has 0 unspecified atom stereocenters. The summed E-state index contributed by atoms with van der Waals surface area (Å²) < 4.78 is 0. The lowest BCUT2D eigenvalue weighted by atomic mass is 9.82. The first kappa shape index (κ1) is 29.8. The van der Waals surface area contributed by atoms with Crippen molar-refractivity contribution in [2.75, 3.05) is 0 Å². The third-order valence-corrected chi connectivity index (χ3v) is 10.3. The predicted molar refractivity (Wildman–Crippen MR) is 220 cm³/mol. The van der Waals surface area contributed by atoms with E-state index in [0.717, 1.165) is 44.0 Å². The van der Waals surface area contributed by atoms with Gasteiger partial charge in [-0.05, 0) is 95.9 Å². The van der Waals surface area contributed by atoms with Gasteiger partial charge in [-0.2, -0.15) is 0 Å². The van der Waals surface area contributed by atoms with Gasteiger partial charge in [0, 0.05) is 22.5 Å². The standard InChI is InChI=1S/C50H30N2/c1-2-32(18-11-20-37-28-27-36-26-25-35-19-13-31-51-49(35)50(36)52-37)38-29-30-43-46-39(38)23-12-24-42(46)47-44(33-14-5-3-6-15-33)40-21-9-10-22-41(40)45(48(43)47)34-16-7-4-8-17-34/h1,3-31H/b20-11+,32-18+. The minimum Gasteiger partial charge on any atom is -0.254 e. The largest absolute Gasteiger partial charge is 0.254 e. The minimum atomic E-state index is 0.820. The summed E-state index contributed by atoms with van der Waals surface area (Å²) in [6.45, 7) is 0. The molecule has 240 valence electrons. The average molecular weight is 659 g/mol. The molecule has 0 bridgehead atoms. The Morgan fingerprint density at radius 1 is 0.519 bits per heavy atom. The number of nitrogens with zero attached hydrogens (tertiary/aromatic N) is 2.